The lowest BCUT2D eigenvalue weighted by Gasteiger charge is -2.30. The van der Waals surface area contributed by atoms with Gasteiger partial charge in [-0.3, -0.25) is 14.4 Å². The molecule has 3 heterocycles. The number of rotatable bonds is 4. The molecule has 0 unspecified atom stereocenters. The van der Waals surface area contributed by atoms with Crippen molar-refractivity contribution < 1.29 is 14.3 Å². The van der Waals surface area contributed by atoms with Crippen molar-refractivity contribution in [3.05, 3.63) is 27.4 Å². The number of methoxy groups -OCH3 is 1. The van der Waals surface area contributed by atoms with E-state index < -0.39 is 0 Å². The molecule has 3 fully saturated rings. The molecule has 1 aromatic heterocycles. The Morgan fingerprint density at radius 3 is 2.32 bits per heavy atom. The molecule has 4 aliphatic rings. The number of likely N-dealkylation sites (tertiary alicyclic amines) is 1. The summed E-state index contributed by atoms with van der Waals surface area (Å²) in [7, 11) is 1.74. The summed E-state index contributed by atoms with van der Waals surface area (Å²) in [4.78, 5) is 49.8. The maximum atomic E-state index is 13.0. The van der Waals surface area contributed by atoms with Crippen LogP contribution in [-0.4, -0.2) is 64.4 Å². The molecule has 1 aromatic rings. The zero-order valence-electron chi connectivity index (χ0n) is 18.3. The van der Waals surface area contributed by atoms with Crippen molar-refractivity contribution in [2.75, 3.05) is 26.7 Å². The molecule has 168 valence electrons. The van der Waals surface area contributed by atoms with Crippen LogP contribution in [-0.2, 0) is 27.3 Å². The highest BCUT2D eigenvalue weighted by Crippen LogP contribution is 2.33. The first-order valence-electron chi connectivity index (χ1n) is 11.8. The van der Waals surface area contributed by atoms with Gasteiger partial charge in [0.25, 0.3) is 5.56 Å². The van der Waals surface area contributed by atoms with Gasteiger partial charge in [0.05, 0.1) is 18.3 Å². The normalized spacial score (nSPS) is 28.5. The molecule has 1 atom stereocenters. The molecule has 31 heavy (non-hydrogen) atoms. The first-order valence-corrected chi connectivity index (χ1v) is 11.8. The van der Waals surface area contributed by atoms with Crippen LogP contribution in [0.1, 0.15) is 67.9 Å². The van der Waals surface area contributed by atoms with Crippen LogP contribution in [0.25, 0.3) is 0 Å². The third-order valence-corrected chi connectivity index (χ3v) is 7.57. The van der Waals surface area contributed by atoms with Crippen LogP contribution in [0.5, 0.6) is 0 Å². The molecule has 0 bridgehead atoms. The number of hydrogen-bond donors (Lipinski definition) is 1. The predicted molar refractivity (Wildman–Crippen MR) is 113 cm³/mol. The summed E-state index contributed by atoms with van der Waals surface area (Å²) in [6.07, 6.45) is 7.28. The van der Waals surface area contributed by atoms with Crippen LogP contribution in [0, 0.1) is 11.8 Å². The van der Waals surface area contributed by atoms with Gasteiger partial charge in [0.2, 0.25) is 11.8 Å². The summed E-state index contributed by atoms with van der Waals surface area (Å²) in [6.45, 7) is 2.35. The van der Waals surface area contributed by atoms with Gasteiger partial charge >= 0.3 is 0 Å². The van der Waals surface area contributed by atoms with Crippen LogP contribution in [0.3, 0.4) is 0 Å². The summed E-state index contributed by atoms with van der Waals surface area (Å²) in [5, 5.41) is 0. The molecule has 2 aliphatic carbocycles. The fourth-order valence-corrected chi connectivity index (χ4v) is 5.42. The van der Waals surface area contributed by atoms with Crippen LogP contribution in [0.2, 0.25) is 0 Å². The highest BCUT2D eigenvalue weighted by Gasteiger charge is 2.37. The number of ether oxygens (including phenoxy) is 1. The third-order valence-electron chi connectivity index (χ3n) is 7.57. The minimum atomic E-state index is -0.0822. The Morgan fingerprint density at radius 2 is 1.65 bits per heavy atom. The van der Waals surface area contributed by atoms with E-state index in [0.29, 0.717) is 44.0 Å². The van der Waals surface area contributed by atoms with E-state index in [1.807, 2.05) is 9.80 Å². The van der Waals surface area contributed by atoms with E-state index in [1.165, 1.54) is 0 Å². The van der Waals surface area contributed by atoms with E-state index in [1.54, 1.807) is 7.11 Å². The maximum absolute atomic E-state index is 13.0. The van der Waals surface area contributed by atoms with E-state index >= 15 is 0 Å². The minimum Gasteiger partial charge on any atom is -0.381 e. The molecule has 2 saturated carbocycles. The second-order valence-electron chi connectivity index (χ2n) is 9.64. The fraction of sp³-hybridized carbons (Fsp3) is 0.739. The number of nitrogens with one attached hydrogen (secondary N) is 1. The number of fused-ring (bicyclic) bond motifs is 1. The average Bonchev–Trinajstić information content (AvgIpc) is 3.53. The summed E-state index contributed by atoms with van der Waals surface area (Å²) in [5.41, 5.74) is 1.37. The largest absolute Gasteiger partial charge is 0.381 e. The van der Waals surface area contributed by atoms with Gasteiger partial charge < -0.3 is 19.5 Å². The number of H-pyrrole nitrogens is 1. The highest BCUT2D eigenvalue weighted by atomic mass is 16.5. The van der Waals surface area contributed by atoms with Gasteiger partial charge in [0.15, 0.2) is 0 Å². The van der Waals surface area contributed by atoms with E-state index in [9.17, 15) is 14.4 Å². The Balaban J connectivity index is 1.25. The van der Waals surface area contributed by atoms with Crippen LogP contribution in [0.15, 0.2) is 4.79 Å². The van der Waals surface area contributed by atoms with Crippen molar-refractivity contribution in [2.45, 2.75) is 69.9 Å². The van der Waals surface area contributed by atoms with Crippen molar-refractivity contribution >= 4 is 11.8 Å². The summed E-state index contributed by atoms with van der Waals surface area (Å²) in [6, 6.07) is 0. The van der Waals surface area contributed by atoms with Crippen molar-refractivity contribution in [3.63, 3.8) is 0 Å². The second kappa shape index (κ2) is 8.37. The van der Waals surface area contributed by atoms with Gasteiger partial charge in [-0.15, -0.1) is 0 Å². The number of carbonyl (C=O) groups is 2. The smallest absolute Gasteiger partial charge is 0.254 e. The summed E-state index contributed by atoms with van der Waals surface area (Å²) >= 11 is 0. The number of carbonyl (C=O) groups excluding carboxylic acids is 2. The summed E-state index contributed by atoms with van der Waals surface area (Å²) in [5.74, 6) is 1.42. The number of nitrogens with zero attached hydrogens (tertiary/aromatic N) is 3. The van der Waals surface area contributed by atoms with E-state index in [0.717, 1.165) is 50.6 Å². The highest BCUT2D eigenvalue weighted by molar-refractivity contribution is 5.81. The van der Waals surface area contributed by atoms with Gasteiger partial charge in [-0.05, 0) is 51.4 Å². The van der Waals surface area contributed by atoms with E-state index in [4.69, 9.17) is 9.72 Å². The van der Waals surface area contributed by atoms with Gasteiger partial charge in [-0.2, -0.15) is 0 Å². The lowest BCUT2D eigenvalue weighted by atomic mass is 9.86. The van der Waals surface area contributed by atoms with Gasteiger partial charge in [-0.1, -0.05) is 0 Å². The number of aromatic nitrogens is 2. The molecule has 0 spiro atoms. The Morgan fingerprint density at radius 1 is 0.968 bits per heavy atom. The van der Waals surface area contributed by atoms with Crippen molar-refractivity contribution in [1.29, 1.82) is 0 Å². The molecule has 0 radical (unpaired) electrons. The van der Waals surface area contributed by atoms with Crippen molar-refractivity contribution in [2.24, 2.45) is 11.8 Å². The molecular weight excluding hydrogens is 396 g/mol. The first kappa shape index (κ1) is 20.7. The monoisotopic (exact) mass is 428 g/mol. The molecule has 1 saturated heterocycles. The van der Waals surface area contributed by atoms with Gasteiger partial charge in [-0.25, -0.2) is 4.98 Å². The standard InChI is InChI=1S/C23H32N4O4/c1-31-17-6-4-15(5-7-17)22(29)26-10-8-16(12-26)20-24-19-13-27(23(30)14-2-3-14)11-9-18(19)21(28)25-20/h14-17H,2-13H2,1H3,(H,24,25,28)/t15?,16-,17?/m0/s1. The second-order valence-corrected chi connectivity index (χ2v) is 9.64. The molecule has 8 heteroatoms. The average molecular weight is 429 g/mol. The third kappa shape index (κ3) is 4.14. The molecular formula is C23H32N4O4. The van der Waals surface area contributed by atoms with Crippen molar-refractivity contribution in [3.8, 4) is 0 Å². The summed E-state index contributed by atoms with van der Waals surface area (Å²) < 4.78 is 5.42. The first-order chi connectivity index (χ1) is 15.0. The van der Waals surface area contributed by atoms with Crippen LogP contribution >= 0.6 is 0 Å². The van der Waals surface area contributed by atoms with E-state index in [-0.39, 0.29) is 41.2 Å². The minimum absolute atomic E-state index is 0.0479. The Kier molecular flexibility index (Phi) is 5.58. The number of hydrogen-bond acceptors (Lipinski definition) is 5. The fourth-order valence-electron chi connectivity index (χ4n) is 5.42. The lowest BCUT2D eigenvalue weighted by molar-refractivity contribution is -0.136. The number of amides is 2. The molecule has 0 aromatic carbocycles. The molecule has 1 N–H and O–H groups in total. The van der Waals surface area contributed by atoms with Crippen LogP contribution < -0.4 is 5.56 Å². The Labute approximate surface area is 182 Å². The lowest BCUT2D eigenvalue weighted by Crippen LogP contribution is -2.40. The maximum Gasteiger partial charge on any atom is 0.254 e. The molecule has 2 amide bonds. The quantitative estimate of drug-likeness (QED) is 0.786. The molecule has 5 rings (SSSR count). The number of aromatic amines is 1. The predicted octanol–water partition coefficient (Wildman–Crippen LogP) is 1.59. The Bertz CT molecular complexity index is 917. The van der Waals surface area contributed by atoms with Gasteiger partial charge in [0, 0.05) is 50.1 Å². The zero-order valence-corrected chi connectivity index (χ0v) is 18.3. The van der Waals surface area contributed by atoms with Crippen molar-refractivity contribution in [1.82, 2.24) is 19.8 Å². The topological polar surface area (TPSA) is 95.6 Å². The van der Waals surface area contributed by atoms with Gasteiger partial charge in [0.1, 0.15) is 5.82 Å². The van der Waals surface area contributed by atoms with Crippen LogP contribution in [0.4, 0.5) is 0 Å². The molecule has 2 aliphatic heterocycles. The SMILES string of the molecule is COC1CCC(C(=O)N2CC[C@H](c3nc4c(c(=O)[nH]3)CCN(C(=O)C3CC3)C4)C2)CC1. The van der Waals surface area contributed by atoms with E-state index in [2.05, 4.69) is 4.98 Å². The zero-order chi connectivity index (χ0) is 21.5. The molecule has 8 nitrogen and oxygen atoms in total. The Hall–Kier alpha value is -2.22.